The lowest BCUT2D eigenvalue weighted by Crippen LogP contribution is -2.09. The van der Waals surface area contributed by atoms with E-state index < -0.39 is 12.0 Å². The average molecular weight is 257 g/mol. The molecule has 0 amide bonds. The van der Waals surface area contributed by atoms with E-state index in [2.05, 4.69) is 4.74 Å². The van der Waals surface area contributed by atoms with E-state index in [4.69, 9.17) is 5.73 Å². The maximum atomic E-state index is 13.3. The van der Waals surface area contributed by atoms with Gasteiger partial charge in [0.25, 0.3) is 0 Å². The van der Waals surface area contributed by atoms with Crippen molar-refractivity contribution in [1.82, 2.24) is 0 Å². The van der Waals surface area contributed by atoms with E-state index in [-0.39, 0.29) is 5.82 Å². The highest BCUT2D eigenvalue weighted by atomic mass is 19.1. The number of carbonyl (C=O) groups excluding carboxylic acids is 1. The van der Waals surface area contributed by atoms with Crippen molar-refractivity contribution < 1.29 is 13.9 Å². The van der Waals surface area contributed by atoms with Crippen molar-refractivity contribution in [3.8, 4) is 11.1 Å². The van der Waals surface area contributed by atoms with E-state index in [1.165, 1.54) is 19.2 Å². The van der Waals surface area contributed by atoms with E-state index in [9.17, 15) is 9.18 Å². The zero-order chi connectivity index (χ0) is 13.6. The van der Waals surface area contributed by atoms with Crippen LogP contribution in [0.4, 0.5) is 4.39 Å². The lowest BCUT2D eigenvalue weighted by Gasteiger charge is -2.07. The summed E-state index contributed by atoms with van der Waals surface area (Å²) in [4.78, 5) is 11.5. The second-order valence-electron chi connectivity index (χ2n) is 4.50. The molecule has 0 bridgehead atoms. The van der Waals surface area contributed by atoms with E-state index >= 15 is 0 Å². The summed E-state index contributed by atoms with van der Waals surface area (Å²) in [6.07, 6.45) is 0. The Kier molecular flexibility index (Phi) is 2.61. The predicted molar refractivity (Wildman–Crippen MR) is 69.2 cm³/mol. The highest BCUT2D eigenvalue weighted by molar-refractivity contribution is 5.91. The summed E-state index contributed by atoms with van der Waals surface area (Å²) in [6.45, 7) is 0. The highest BCUT2D eigenvalue weighted by Crippen LogP contribution is 2.42. The molecule has 0 aliphatic heterocycles. The minimum absolute atomic E-state index is 0.310. The summed E-state index contributed by atoms with van der Waals surface area (Å²) < 4.78 is 18.0. The smallest absolute Gasteiger partial charge is 0.337 e. The van der Waals surface area contributed by atoms with E-state index in [0.29, 0.717) is 5.56 Å². The van der Waals surface area contributed by atoms with Crippen LogP contribution in [-0.4, -0.2) is 13.1 Å². The first-order valence-corrected chi connectivity index (χ1v) is 5.89. The molecule has 0 saturated heterocycles. The average Bonchev–Trinajstić information content (AvgIpc) is 2.71. The zero-order valence-corrected chi connectivity index (χ0v) is 10.3. The van der Waals surface area contributed by atoms with Gasteiger partial charge in [0.1, 0.15) is 5.82 Å². The molecule has 1 aliphatic rings. The van der Waals surface area contributed by atoms with Crippen molar-refractivity contribution in [3.63, 3.8) is 0 Å². The van der Waals surface area contributed by atoms with Crippen LogP contribution >= 0.6 is 0 Å². The lowest BCUT2D eigenvalue weighted by atomic mass is 10.0. The highest BCUT2D eigenvalue weighted by Gasteiger charge is 2.27. The molecule has 0 aromatic heterocycles. The van der Waals surface area contributed by atoms with Crippen molar-refractivity contribution >= 4 is 5.97 Å². The van der Waals surface area contributed by atoms with Crippen LogP contribution in [0.3, 0.4) is 0 Å². The van der Waals surface area contributed by atoms with Gasteiger partial charge in [-0.2, -0.15) is 0 Å². The number of carbonyl (C=O) groups is 1. The van der Waals surface area contributed by atoms with Crippen LogP contribution in [-0.2, 0) is 4.74 Å². The van der Waals surface area contributed by atoms with Crippen LogP contribution in [0.15, 0.2) is 36.4 Å². The molecular weight excluding hydrogens is 245 g/mol. The minimum atomic E-state index is -0.412. The van der Waals surface area contributed by atoms with E-state index in [1.54, 1.807) is 18.2 Å². The normalized spacial score (nSPS) is 15.8. The third-order valence-corrected chi connectivity index (χ3v) is 3.45. The van der Waals surface area contributed by atoms with Crippen LogP contribution in [0.25, 0.3) is 11.1 Å². The predicted octanol–water partition coefficient (Wildman–Crippen LogP) is 2.64. The number of hydrogen-bond donors (Lipinski definition) is 1. The molecule has 1 aliphatic carbocycles. The Morgan fingerprint density at radius 3 is 2.47 bits per heavy atom. The number of fused-ring (bicyclic) bond motifs is 3. The number of esters is 1. The van der Waals surface area contributed by atoms with Crippen molar-refractivity contribution in [2.75, 3.05) is 7.11 Å². The van der Waals surface area contributed by atoms with Gasteiger partial charge in [-0.3, -0.25) is 0 Å². The van der Waals surface area contributed by atoms with Gasteiger partial charge in [0, 0.05) is 0 Å². The van der Waals surface area contributed by atoms with Crippen LogP contribution in [0.5, 0.6) is 0 Å². The Bertz CT molecular complexity index is 682. The molecule has 0 spiro atoms. The number of rotatable bonds is 1. The molecule has 4 heteroatoms. The molecule has 1 unspecified atom stereocenters. The summed E-state index contributed by atoms with van der Waals surface area (Å²) in [5, 5.41) is 0. The first-order chi connectivity index (χ1) is 9.11. The van der Waals surface area contributed by atoms with Gasteiger partial charge < -0.3 is 10.5 Å². The molecule has 3 nitrogen and oxygen atoms in total. The summed E-state index contributed by atoms with van der Waals surface area (Å²) >= 11 is 0. The number of halogens is 1. The molecule has 1 atom stereocenters. The van der Waals surface area contributed by atoms with Gasteiger partial charge in [0.2, 0.25) is 0 Å². The number of hydrogen-bond acceptors (Lipinski definition) is 3. The molecule has 3 rings (SSSR count). The summed E-state index contributed by atoms with van der Waals surface area (Å²) in [7, 11) is 1.33. The van der Waals surface area contributed by atoms with Gasteiger partial charge in [-0.25, -0.2) is 9.18 Å². The molecule has 0 fully saturated rings. The topological polar surface area (TPSA) is 52.3 Å². The quantitative estimate of drug-likeness (QED) is 0.799. The van der Waals surface area contributed by atoms with Crippen molar-refractivity contribution in [2.24, 2.45) is 5.73 Å². The zero-order valence-electron chi connectivity index (χ0n) is 10.3. The lowest BCUT2D eigenvalue weighted by molar-refractivity contribution is 0.0600. The number of ether oxygens (including phenoxy) is 1. The molecule has 0 heterocycles. The number of nitrogens with two attached hydrogens (primary N) is 1. The third-order valence-electron chi connectivity index (χ3n) is 3.45. The molecule has 0 radical (unpaired) electrons. The van der Waals surface area contributed by atoms with Crippen molar-refractivity contribution in [2.45, 2.75) is 6.04 Å². The largest absolute Gasteiger partial charge is 0.465 e. The Morgan fingerprint density at radius 2 is 1.79 bits per heavy atom. The van der Waals surface area contributed by atoms with Gasteiger partial charge >= 0.3 is 5.97 Å². The van der Waals surface area contributed by atoms with Gasteiger partial charge in [0.05, 0.1) is 18.7 Å². The fourth-order valence-corrected chi connectivity index (χ4v) is 2.51. The molecule has 2 aromatic carbocycles. The third kappa shape index (κ3) is 1.72. The maximum Gasteiger partial charge on any atom is 0.337 e. The fraction of sp³-hybridized carbons (Fsp3) is 0.133. The summed E-state index contributed by atoms with van der Waals surface area (Å²) in [6, 6.07) is 9.39. The first-order valence-electron chi connectivity index (χ1n) is 5.89. The Balaban J connectivity index is 2.16. The Hall–Kier alpha value is -2.20. The second kappa shape index (κ2) is 4.17. The fourth-order valence-electron chi connectivity index (χ4n) is 2.51. The molecule has 96 valence electrons. The Labute approximate surface area is 109 Å². The monoisotopic (exact) mass is 257 g/mol. The van der Waals surface area contributed by atoms with Crippen molar-refractivity contribution in [3.05, 3.63) is 58.9 Å². The summed E-state index contributed by atoms with van der Waals surface area (Å²) in [5.74, 6) is -0.715. The molecule has 0 saturated carbocycles. The molecule has 2 N–H and O–H groups in total. The van der Waals surface area contributed by atoms with E-state index in [1.807, 2.05) is 6.07 Å². The molecular formula is C15H12FNO2. The summed E-state index contributed by atoms with van der Waals surface area (Å²) in [5.41, 5.74) is 9.99. The minimum Gasteiger partial charge on any atom is -0.465 e. The van der Waals surface area contributed by atoms with Gasteiger partial charge in [-0.05, 0) is 46.5 Å². The molecule has 19 heavy (non-hydrogen) atoms. The molecule has 2 aromatic rings. The second-order valence-corrected chi connectivity index (χ2v) is 4.50. The van der Waals surface area contributed by atoms with Gasteiger partial charge in [-0.1, -0.05) is 12.1 Å². The van der Waals surface area contributed by atoms with E-state index in [0.717, 1.165) is 22.3 Å². The van der Waals surface area contributed by atoms with Crippen LogP contribution in [0.1, 0.15) is 27.5 Å². The number of benzene rings is 2. The van der Waals surface area contributed by atoms with Crippen LogP contribution < -0.4 is 5.73 Å². The standard InChI is InChI=1S/C15H12FNO2/c1-19-15(18)8-2-4-10-11-5-3-9(16)7-13(11)14(17)12(10)6-8/h2-7,14H,17H2,1H3. The maximum absolute atomic E-state index is 13.3. The first kappa shape index (κ1) is 11.9. The Morgan fingerprint density at radius 1 is 1.16 bits per heavy atom. The number of methoxy groups -OCH3 is 1. The van der Waals surface area contributed by atoms with Crippen LogP contribution in [0, 0.1) is 5.82 Å². The SMILES string of the molecule is COC(=O)c1ccc2c(c1)C(N)c1cc(F)ccc1-2. The van der Waals surface area contributed by atoms with Gasteiger partial charge in [0.15, 0.2) is 0 Å². The van der Waals surface area contributed by atoms with Crippen LogP contribution in [0.2, 0.25) is 0 Å². The van der Waals surface area contributed by atoms with Crippen molar-refractivity contribution in [1.29, 1.82) is 0 Å². The van der Waals surface area contributed by atoms with Gasteiger partial charge in [-0.15, -0.1) is 0 Å².